The quantitative estimate of drug-likeness (QED) is 0.756. The first-order chi connectivity index (χ1) is 11.6. The molecule has 4 rings (SSSR count). The number of amides is 1. The molecule has 24 heavy (non-hydrogen) atoms. The summed E-state index contributed by atoms with van der Waals surface area (Å²) in [6.07, 6.45) is 0.370. The molecule has 0 unspecified atom stereocenters. The van der Waals surface area contributed by atoms with E-state index in [9.17, 15) is 9.90 Å². The lowest BCUT2D eigenvalue weighted by molar-refractivity contribution is -0.132. The van der Waals surface area contributed by atoms with Crippen LogP contribution in [0.25, 0.3) is 11.0 Å². The van der Waals surface area contributed by atoms with Gasteiger partial charge >= 0.3 is 0 Å². The minimum Gasteiger partial charge on any atom is -0.390 e. The van der Waals surface area contributed by atoms with Gasteiger partial charge in [-0.2, -0.15) is 5.10 Å². The predicted octanol–water partition coefficient (Wildman–Crippen LogP) is 1.15. The summed E-state index contributed by atoms with van der Waals surface area (Å²) in [4.78, 5) is 22.0. The number of aliphatic hydroxyl groups is 1. The van der Waals surface area contributed by atoms with Crippen molar-refractivity contribution in [3.8, 4) is 0 Å². The number of nitrogens with one attached hydrogen (secondary N) is 1. The number of carbonyl (C=O) groups excluding carboxylic acids is 1. The van der Waals surface area contributed by atoms with Gasteiger partial charge in [-0.3, -0.25) is 9.48 Å². The van der Waals surface area contributed by atoms with E-state index >= 15 is 0 Å². The number of hydrogen-bond acceptors (Lipinski definition) is 4. The second kappa shape index (κ2) is 5.76. The Bertz CT molecular complexity index is 911. The molecule has 7 heteroatoms. The van der Waals surface area contributed by atoms with Crippen molar-refractivity contribution in [3.05, 3.63) is 47.0 Å². The molecule has 0 bridgehead atoms. The van der Waals surface area contributed by atoms with E-state index in [4.69, 9.17) is 0 Å². The number of nitrogens with zero attached hydrogens (tertiary/aromatic N) is 4. The smallest absolute Gasteiger partial charge is 0.227 e. The number of imidazole rings is 1. The lowest BCUT2D eigenvalue weighted by atomic mass is 10.1. The summed E-state index contributed by atoms with van der Waals surface area (Å²) in [5.41, 5.74) is 4.48. The molecule has 1 amide bonds. The fourth-order valence-electron chi connectivity index (χ4n) is 3.20. The second-order valence-corrected chi connectivity index (χ2v) is 6.17. The topological polar surface area (TPSA) is 87.0 Å². The highest BCUT2D eigenvalue weighted by Crippen LogP contribution is 2.17. The number of hydrogen-bond donors (Lipinski definition) is 2. The van der Waals surface area contributed by atoms with Gasteiger partial charge < -0.3 is 15.0 Å². The highest BCUT2D eigenvalue weighted by atomic mass is 16.3. The summed E-state index contributed by atoms with van der Waals surface area (Å²) in [7, 11) is 0. The number of aryl methyl sites for hydroxylation is 1. The van der Waals surface area contributed by atoms with Crippen LogP contribution in [0.15, 0.2) is 24.3 Å². The lowest BCUT2D eigenvalue weighted by Crippen LogP contribution is -2.39. The third-order valence-corrected chi connectivity index (χ3v) is 4.38. The van der Waals surface area contributed by atoms with E-state index in [1.165, 1.54) is 0 Å². The number of H-pyrrole nitrogens is 1. The Kier molecular flexibility index (Phi) is 3.57. The van der Waals surface area contributed by atoms with Gasteiger partial charge in [-0.1, -0.05) is 6.07 Å². The number of rotatable bonds is 3. The van der Waals surface area contributed by atoms with E-state index in [1.54, 1.807) is 0 Å². The van der Waals surface area contributed by atoms with Gasteiger partial charge in [-0.15, -0.1) is 0 Å². The molecule has 0 atom stereocenters. The molecule has 1 aliphatic heterocycles. The van der Waals surface area contributed by atoms with Crippen molar-refractivity contribution in [2.45, 2.75) is 33.0 Å². The zero-order valence-electron chi connectivity index (χ0n) is 13.5. The average molecular weight is 325 g/mol. The van der Waals surface area contributed by atoms with Gasteiger partial charge in [0, 0.05) is 6.54 Å². The SMILES string of the molecule is Cc1nc2ccc(CC(=O)N3CCn4nc(CO)cc4C3)cc2[nH]1. The Balaban J connectivity index is 1.49. The van der Waals surface area contributed by atoms with Gasteiger partial charge in [0.15, 0.2) is 0 Å². The van der Waals surface area contributed by atoms with E-state index in [2.05, 4.69) is 15.1 Å². The van der Waals surface area contributed by atoms with Crippen molar-refractivity contribution >= 4 is 16.9 Å². The summed E-state index contributed by atoms with van der Waals surface area (Å²) < 4.78 is 1.87. The summed E-state index contributed by atoms with van der Waals surface area (Å²) in [6, 6.07) is 7.75. The van der Waals surface area contributed by atoms with Crippen LogP contribution in [0, 0.1) is 6.92 Å². The van der Waals surface area contributed by atoms with Crippen LogP contribution < -0.4 is 0 Å². The van der Waals surface area contributed by atoms with Gasteiger partial charge in [-0.05, 0) is 30.7 Å². The van der Waals surface area contributed by atoms with Crippen LogP contribution in [0.5, 0.6) is 0 Å². The molecule has 0 saturated heterocycles. The summed E-state index contributed by atoms with van der Waals surface area (Å²) >= 11 is 0. The number of aromatic amines is 1. The zero-order chi connectivity index (χ0) is 16.7. The Labute approximate surface area is 138 Å². The largest absolute Gasteiger partial charge is 0.390 e. The standard InChI is InChI=1S/C17H19N5O2/c1-11-18-15-3-2-12(6-16(15)19-11)7-17(24)21-4-5-22-14(9-21)8-13(10-23)20-22/h2-3,6,8,23H,4-5,7,9-10H2,1H3,(H,18,19). The first-order valence-electron chi connectivity index (χ1n) is 8.02. The molecule has 2 N–H and O–H groups in total. The fraction of sp³-hybridized carbons (Fsp3) is 0.353. The molecule has 0 fully saturated rings. The Hall–Kier alpha value is -2.67. The van der Waals surface area contributed by atoms with Crippen molar-refractivity contribution in [1.82, 2.24) is 24.6 Å². The van der Waals surface area contributed by atoms with Crippen LogP contribution in [0.4, 0.5) is 0 Å². The first kappa shape index (κ1) is 14.9. The minimum absolute atomic E-state index is 0.0719. The van der Waals surface area contributed by atoms with Gasteiger partial charge in [0.2, 0.25) is 5.91 Å². The number of aromatic nitrogens is 4. The van der Waals surface area contributed by atoms with Crippen LogP contribution in [0.1, 0.15) is 22.8 Å². The first-order valence-corrected chi connectivity index (χ1v) is 8.02. The number of aliphatic hydroxyl groups excluding tert-OH is 1. The minimum atomic E-state index is -0.0719. The maximum absolute atomic E-state index is 12.6. The molecule has 0 aliphatic carbocycles. The molecule has 3 aromatic rings. The van der Waals surface area contributed by atoms with Crippen LogP contribution >= 0.6 is 0 Å². The van der Waals surface area contributed by atoms with Gasteiger partial charge in [0.25, 0.3) is 0 Å². The maximum atomic E-state index is 12.6. The summed E-state index contributed by atoms with van der Waals surface area (Å²) in [6.45, 7) is 3.70. The third kappa shape index (κ3) is 2.67. The molecule has 2 aromatic heterocycles. The average Bonchev–Trinajstić information content (AvgIpc) is 3.15. The molecule has 3 heterocycles. The van der Waals surface area contributed by atoms with Crippen molar-refractivity contribution in [1.29, 1.82) is 0 Å². The van der Waals surface area contributed by atoms with E-state index in [-0.39, 0.29) is 12.5 Å². The van der Waals surface area contributed by atoms with Crippen molar-refractivity contribution in [2.75, 3.05) is 6.54 Å². The van der Waals surface area contributed by atoms with E-state index in [0.717, 1.165) is 28.1 Å². The van der Waals surface area contributed by atoms with E-state index < -0.39 is 0 Å². The number of carbonyl (C=O) groups is 1. The van der Waals surface area contributed by atoms with Crippen molar-refractivity contribution in [2.24, 2.45) is 0 Å². The monoisotopic (exact) mass is 325 g/mol. The molecule has 0 radical (unpaired) electrons. The summed E-state index contributed by atoms with van der Waals surface area (Å²) in [5, 5.41) is 13.5. The maximum Gasteiger partial charge on any atom is 0.227 e. The Morgan fingerprint density at radius 3 is 3.04 bits per heavy atom. The zero-order valence-corrected chi connectivity index (χ0v) is 13.5. The van der Waals surface area contributed by atoms with Gasteiger partial charge in [-0.25, -0.2) is 4.98 Å². The van der Waals surface area contributed by atoms with Crippen LogP contribution in [-0.4, -0.2) is 42.2 Å². The van der Waals surface area contributed by atoms with E-state index in [0.29, 0.717) is 31.7 Å². The molecule has 7 nitrogen and oxygen atoms in total. The van der Waals surface area contributed by atoms with E-state index in [1.807, 2.05) is 40.8 Å². The highest BCUT2D eigenvalue weighted by Gasteiger charge is 2.22. The van der Waals surface area contributed by atoms with Crippen molar-refractivity contribution < 1.29 is 9.90 Å². The normalized spacial score (nSPS) is 14.2. The van der Waals surface area contributed by atoms with Crippen LogP contribution in [-0.2, 0) is 30.9 Å². The number of benzene rings is 1. The molecule has 1 aliphatic rings. The predicted molar refractivity (Wildman–Crippen MR) is 88.1 cm³/mol. The fourth-order valence-corrected chi connectivity index (χ4v) is 3.20. The van der Waals surface area contributed by atoms with Gasteiger partial charge in [0.05, 0.1) is 48.5 Å². The Morgan fingerprint density at radius 1 is 1.33 bits per heavy atom. The molecule has 0 spiro atoms. The number of fused-ring (bicyclic) bond motifs is 2. The van der Waals surface area contributed by atoms with Crippen molar-refractivity contribution in [3.63, 3.8) is 0 Å². The van der Waals surface area contributed by atoms with Gasteiger partial charge in [0.1, 0.15) is 5.82 Å². The van der Waals surface area contributed by atoms with Crippen LogP contribution in [0.2, 0.25) is 0 Å². The summed E-state index contributed by atoms with van der Waals surface area (Å²) in [5.74, 6) is 0.973. The highest BCUT2D eigenvalue weighted by molar-refractivity contribution is 5.82. The molecule has 0 saturated carbocycles. The molecule has 1 aromatic carbocycles. The lowest BCUT2D eigenvalue weighted by Gasteiger charge is -2.27. The molecule has 124 valence electrons. The van der Waals surface area contributed by atoms with Crippen LogP contribution in [0.3, 0.4) is 0 Å². The Morgan fingerprint density at radius 2 is 2.21 bits per heavy atom. The molecular formula is C17H19N5O2. The third-order valence-electron chi connectivity index (χ3n) is 4.38. The molecular weight excluding hydrogens is 306 g/mol. The second-order valence-electron chi connectivity index (χ2n) is 6.17.